The number of hydrogen-bond donors (Lipinski definition) is 2. The summed E-state index contributed by atoms with van der Waals surface area (Å²) in [6.45, 7) is 1.17. The summed E-state index contributed by atoms with van der Waals surface area (Å²) in [5, 5.41) is 6.60. The molecule has 1 saturated carbocycles. The summed E-state index contributed by atoms with van der Waals surface area (Å²) < 4.78 is 13.4. The van der Waals surface area contributed by atoms with Gasteiger partial charge in [-0.15, -0.1) is 0 Å². The fourth-order valence-corrected chi connectivity index (χ4v) is 4.02. The number of nitrogens with zero attached hydrogens (tertiary/aromatic N) is 3. The fourth-order valence-electron chi connectivity index (χ4n) is 4.02. The zero-order valence-electron chi connectivity index (χ0n) is 18.5. The van der Waals surface area contributed by atoms with Gasteiger partial charge in [-0.2, -0.15) is 0 Å². The predicted octanol–water partition coefficient (Wildman–Crippen LogP) is 5.48. The molecule has 0 unspecified atom stereocenters. The van der Waals surface area contributed by atoms with Crippen LogP contribution in [0.5, 0.6) is 0 Å². The summed E-state index contributed by atoms with van der Waals surface area (Å²) >= 11 is 0. The molecule has 2 aromatic heterocycles. The van der Waals surface area contributed by atoms with E-state index in [0.717, 1.165) is 23.4 Å². The van der Waals surface area contributed by atoms with Crippen molar-refractivity contribution in [3.63, 3.8) is 0 Å². The number of aliphatic imine (C=N–C) groups is 1. The molecule has 3 aromatic rings. The second kappa shape index (κ2) is 11.3. The molecule has 33 heavy (non-hydrogen) atoms. The Morgan fingerprint density at radius 1 is 1.09 bits per heavy atom. The van der Waals surface area contributed by atoms with E-state index >= 15 is 0 Å². The number of carbonyl (C=O) groups is 1. The number of amidine groups is 1. The molecule has 170 valence electrons. The molecular weight excluding hydrogens is 417 g/mol. The van der Waals surface area contributed by atoms with Crippen molar-refractivity contribution in [2.45, 2.75) is 38.6 Å². The van der Waals surface area contributed by atoms with Crippen molar-refractivity contribution >= 4 is 23.6 Å². The average molecular weight is 446 g/mol. The molecule has 1 aliphatic rings. The van der Waals surface area contributed by atoms with Crippen LogP contribution >= 0.6 is 0 Å². The summed E-state index contributed by atoms with van der Waals surface area (Å²) in [7, 11) is 0. The van der Waals surface area contributed by atoms with Gasteiger partial charge in [-0.1, -0.05) is 25.3 Å². The maximum Gasteiger partial charge on any atom is 0.185 e. The lowest BCUT2D eigenvalue weighted by Crippen LogP contribution is -2.20. The lowest BCUT2D eigenvalue weighted by molar-refractivity contribution is -0.102. The van der Waals surface area contributed by atoms with Crippen LogP contribution in [0.1, 0.15) is 37.7 Å². The molecular formula is C26H28FN5O. The lowest BCUT2D eigenvalue weighted by atomic mass is 9.89. The standard InChI is InChI=1S/C26H28FN5O/c27-22-10-8-21(9-11-22)23-12-13-24(26(32-23)30-16-19-5-2-1-3-6-19)31-25(18-33)29-17-20-7-4-14-28-15-20/h4,7-15,18-19H,1-3,5-6,16-17H2,(H,29,31)(H,30,32). The Balaban J connectivity index is 1.56. The van der Waals surface area contributed by atoms with Gasteiger partial charge in [0, 0.05) is 24.5 Å². The van der Waals surface area contributed by atoms with Crippen LogP contribution in [0.4, 0.5) is 15.9 Å². The molecule has 0 bridgehead atoms. The molecule has 6 nitrogen and oxygen atoms in total. The second-order valence-electron chi connectivity index (χ2n) is 8.29. The number of pyridine rings is 2. The third-order valence-electron chi connectivity index (χ3n) is 5.85. The highest BCUT2D eigenvalue weighted by Crippen LogP contribution is 2.28. The van der Waals surface area contributed by atoms with Crippen molar-refractivity contribution in [3.05, 3.63) is 72.3 Å². The van der Waals surface area contributed by atoms with E-state index in [2.05, 4.69) is 20.6 Å². The van der Waals surface area contributed by atoms with Crippen LogP contribution in [0.25, 0.3) is 11.3 Å². The van der Waals surface area contributed by atoms with Gasteiger partial charge in [-0.3, -0.25) is 14.8 Å². The van der Waals surface area contributed by atoms with Crippen molar-refractivity contribution in [2.75, 3.05) is 17.2 Å². The number of nitrogens with one attached hydrogen (secondary N) is 2. The molecule has 4 rings (SSSR count). The quantitative estimate of drug-likeness (QED) is 0.272. The number of carbonyl (C=O) groups excluding carboxylic acids is 1. The Bertz CT molecular complexity index is 1080. The van der Waals surface area contributed by atoms with Gasteiger partial charge in [-0.25, -0.2) is 9.37 Å². The summed E-state index contributed by atoms with van der Waals surface area (Å²) in [5.74, 6) is 1.19. The molecule has 0 amide bonds. The summed E-state index contributed by atoms with van der Waals surface area (Å²) in [4.78, 5) is 24.9. The van der Waals surface area contributed by atoms with E-state index in [1.165, 1.54) is 44.2 Å². The Morgan fingerprint density at radius 2 is 1.91 bits per heavy atom. The Morgan fingerprint density at radius 3 is 2.64 bits per heavy atom. The summed E-state index contributed by atoms with van der Waals surface area (Å²) in [6, 6.07) is 13.7. The van der Waals surface area contributed by atoms with Gasteiger partial charge in [0.15, 0.2) is 17.9 Å². The van der Waals surface area contributed by atoms with Crippen LogP contribution in [-0.2, 0) is 11.3 Å². The van der Waals surface area contributed by atoms with E-state index < -0.39 is 0 Å². The van der Waals surface area contributed by atoms with Gasteiger partial charge in [0.05, 0.1) is 17.9 Å². The molecule has 2 heterocycles. The molecule has 1 aliphatic carbocycles. The van der Waals surface area contributed by atoms with Crippen LogP contribution in [0.3, 0.4) is 0 Å². The Kier molecular flexibility index (Phi) is 7.74. The Labute approximate surface area is 193 Å². The molecule has 2 N–H and O–H groups in total. The first-order chi connectivity index (χ1) is 16.2. The van der Waals surface area contributed by atoms with Gasteiger partial charge < -0.3 is 10.6 Å². The summed E-state index contributed by atoms with van der Waals surface area (Å²) in [6.07, 6.45) is 10.4. The van der Waals surface area contributed by atoms with Gasteiger partial charge in [0.1, 0.15) is 5.82 Å². The van der Waals surface area contributed by atoms with E-state index in [1.807, 2.05) is 24.3 Å². The van der Waals surface area contributed by atoms with Crippen molar-refractivity contribution in [1.29, 1.82) is 0 Å². The van der Waals surface area contributed by atoms with Crippen molar-refractivity contribution < 1.29 is 9.18 Å². The zero-order valence-corrected chi connectivity index (χ0v) is 18.5. The predicted molar refractivity (Wildman–Crippen MR) is 130 cm³/mol. The largest absolute Gasteiger partial charge is 0.368 e. The van der Waals surface area contributed by atoms with E-state index in [9.17, 15) is 9.18 Å². The molecule has 1 aromatic carbocycles. The van der Waals surface area contributed by atoms with Crippen molar-refractivity contribution in [3.8, 4) is 11.3 Å². The van der Waals surface area contributed by atoms with Crippen LogP contribution in [-0.4, -0.2) is 28.6 Å². The minimum atomic E-state index is -0.284. The number of aldehydes is 1. The SMILES string of the molecule is O=CC(=NCc1cccnc1)Nc1ccc(-c2ccc(F)cc2)nc1NCC1CCCCC1. The van der Waals surface area contributed by atoms with Crippen molar-refractivity contribution in [1.82, 2.24) is 9.97 Å². The average Bonchev–Trinajstić information content (AvgIpc) is 2.87. The van der Waals surface area contributed by atoms with Crippen LogP contribution in [0.15, 0.2) is 65.9 Å². The number of hydrogen-bond acceptors (Lipinski definition) is 5. The molecule has 7 heteroatoms. The van der Waals surface area contributed by atoms with Gasteiger partial charge >= 0.3 is 0 Å². The minimum Gasteiger partial charge on any atom is -0.368 e. The molecule has 0 aliphatic heterocycles. The van der Waals surface area contributed by atoms with E-state index in [-0.39, 0.29) is 11.7 Å². The van der Waals surface area contributed by atoms with Crippen LogP contribution < -0.4 is 10.6 Å². The highest BCUT2D eigenvalue weighted by atomic mass is 19.1. The van der Waals surface area contributed by atoms with Gasteiger partial charge in [-0.05, 0) is 66.8 Å². The van der Waals surface area contributed by atoms with Gasteiger partial charge in [0.2, 0.25) is 0 Å². The maximum absolute atomic E-state index is 13.4. The fraction of sp³-hybridized carbons (Fsp3) is 0.308. The number of rotatable bonds is 8. The van der Waals surface area contributed by atoms with Gasteiger partial charge in [0.25, 0.3) is 0 Å². The van der Waals surface area contributed by atoms with Crippen LogP contribution in [0, 0.1) is 11.7 Å². The third kappa shape index (κ3) is 6.44. The maximum atomic E-state index is 13.4. The highest BCUT2D eigenvalue weighted by molar-refractivity contribution is 6.33. The molecule has 0 atom stereocenters. The second-order valence-corrected chi connectivity index (χ2v) is 8.29. The lowest BCUT2D eigenvalue weighted by Gasteiger charge is -2.23. The number of anilines is 2. The number of aromatic nitrogens is 2. The normalized spacial score (nSPS) is 14.6. The van der Waals surface area contributed by atoms with E-state index in [1.54, 1.807) is 24.5 Å². The summed E-state index contributed by atoms with van der Waals surface area (Å²) in [5.41, 5.74) is 3.14. The first-order valence-corrected chi connectivity index (χ1v) is 11.4. The molecule has 0 radical (unpaired) electrons. The number of benzene rings is 1. The van der Waals surface area contributed by atoms with Crippen LogP contribution in [0.2, 0.25) is 0 Å². The topological polar surface area (TPSA) is 79.3 Å². The Hall–Kier alpha value is -3.61. The first kappa shape index (κ1) is 22.6. The number of halogens is 1. The van der Waals surface area contributed by atoms with E-state index in [0.29, 0.717) is 30.3 Å². The molecule has 0 saturated heterocycles. The minimum absolute atomic E-state index is 0.218. The first-order valence-electron chi connectivity index (χ1n) is 11.4. The highest BCUT2D eigenvalue weighted by Gasteiger charge is 2.15. The zero-order chi connectivity index (χ0) is 22.9. The smallest absolute Gasteiger partial charge is 0.185 e. The monoisotopic (exact) mass is 445 g/mol. The third-order valence-corrected chi connectivity index (χ3v) is 5.85. The molecule has 0 spiro atoms. The molecule has 1 fully saturated rings. The van der Waals surface area contributed by atoms with Crippen molar-refractivity contribution in [2.24, 2.45) is 10.9 Å². The van der Waals surface area contributed by atoms with E-state index in [4.69, 9.17) is 4.98 Å².